The molecule has 0 atom stereocenters. The van der Waals surface area contributed by atoms with Crippen molar-refractivity contribution < 1.29 is 0 Å². The van der Waals surface area contributed by atoms with Crippen LogP contribution in [0.1, 0.15) is 32.6 Å². The molecule has 1 aliphatic carbocycles. The molecular formula is C14H19N. The minimum Gasteiger partial charge on any atom is -0.349 e. The van der Waals surface area contributed by atoms with Gasteiger partial charge in [0, 0.05) is 18.7 Å². The highest BCUT2D eigenvalue weighted by Crippen LogP contribution is 2.14. The first-order chi connectivity index (χ1) is 7.36. The Morgan fingerprint density at radius 2 is 2.27 bits per heavy atom. The average molecular weight is 201 g/mol. The zero-order chi connectivity index (χ0) is 10.9. The Balaban J connectivity index is 2.64. The zero-order valence-corrected chi connectivity index (χ0v) is 9.64. The molecule has 1 heteroatoms. The monoisotopic (exact) mass is 201 g/mol. The molecule has 1 N–H and O–H groups in total. The first-order valence-corrected chi connectivity index (χ1v) is 5.59. The lowest BCUT2D eigenvalue weighted by Gasteiger charge is -2.03. The highest BCUT2D eigenvalue weighted by molar-refractivity contribution is 5.34. The maximum atomic E-state index is 3.11. The lowest BCUT2D eigenvalue weighted by molar-refractivity contribution is 0.918. The van der Waals surface area contributed by atoms with E-state index in [1.807, 2.05) is 7.05 Å². The second kappa shape index (κ2) is 6.95. The van der Waals surface area contributed by atoms with E-state index >= 15 is 0 Å². The summed E-state index contributed by atoms with van der Waals surface area (Å²) in [6.07, 6.45) is 13.3. The fraction of sp³-hybridized carbons (Fsp3) is 0.429. The summed E-state index contributed by atoms with van der Waals surface area (Å²) in [6, 6.07) is 2.88. The topological polar surface area (TPSA) is 12.0 Å². The first-order valence-electron chi connectivity index (χ1n) is 5.59. The van der Waals surface area contributed by atoms with Gasteiger partial charge in [0.05, 0.1) is 0 Å². The Bertz CT molecular complexity index is 334. The van der Waals surface area contributed by atoms with Crippen molar-refractivity contribution >= 4 is 0 Å². The van der Waals surface area contributed by atoms with Crippen molar-refractivity contribution in [2.75, 3.05) is 7.05 Å². The standard InChI is InChI=1S/C14H19N/c1-3-6-13-7-4-9-14(10-5-8-13)11-12-15-2/h4,7-8,10,15H,3,5-6,9H2,1-2H3/b7-4-,13-8-,14-10+. The van der Waals surface area contributed by atoms with Gasteiger partial charge < -0.3 is 5.32 Å². The molecule has 1 rings (SSSR count). The Labute approximate surface area is 93.0 Å². The van der Waals surface area contributed by atoms with Gasteiger partial charge in [0.15, 0.2) is 0 Å². The van der Waals surface area contributed by atoms with Crippen LogP contribution in [0.2, 0.25) is 0 Å². The highest BCUT2D eigenvalue weighted by Gasteiger charge is 1.96. The molecule has 0 aliphatic heterocycles. The molecule has 0 amide bonds. The van der Waals surface area contributed by atoms with Crippen molar-refractivity contribution in [3.63, 3.8) is 0 Å². The van der Waals surface area contributed by atoms with Gasteiger partial charge in [0.25, 0.3) is 0 Å². The van der Waals surface area contributed by atoms with E-state index in [-0.39, 0.29) is 0 Å². The average Bonchev–Trinajstić information content (AvgIpc) is 2.20. The molecule has 0 saturated carbocycles. The van der Waals surface area contributed by atoms with Crippen molar-refractivity contribution in [3.05, 3.63) is 35.5 Å². The van der Waals surface area contributed by atoms with Crippen LogP contribution in [-0.2, 0) is 0 Å². The minimum atomic E-state index is 0.954. The molecule has 0 spiro atoms. The third-order valence-electron chi connectivity index (χ3n) is 2.30. The van der Waals surface area contributed by atoms with Crippen molar-refractivity contribution in [1.29, 1.82) is 0 Å². The lowest BCUT2D eigenvalue weighted by atomic mass is 10.0. The van der Waals surface area contributed by atoms with Gasteiger partial charge in [-0.2, -0.15) is 0 Å². The Kier molecular flexibility index (Phi) is 5.40. The van der Waals surface area contributed by atoms with Crippen molar-refractivity contribution in [3.8, 4) is 12.0 Å². The smallest absolute Gasteiger partial charge is 0.0116 e. The normalized spacial score (nSPS) is 24.4. The molecule has 0 radical (unpaired) electrons. The molecule has 0 saturated heterocycles. The summed E-state index contributed by atoms with van der Waals surface area (Å²) in [6.45, 7) is 2.22. The highest BCUT2D eigenvalue weighted by atomic mass is 14.8. The van der Waals surface area contributed by atoms with Gasteiger partial charge >= 0.3 is 0 Å². The number of rotatable bonds is 2. The van der Waals surface area contributed by atoms with Crippen LogP contribution in [0.3, 0.4) is 0 Å². The van der Waals surface area contributed by atoms with Gasteiger partial charge in [-0.3, -0.25) is 0 Å². The van der Waals surface area contributed by atoms with Gasteiger partial charge in [-0.1, -0.05) is 43.2 Å². The summed E-state index contributed by atoms with van der Waals surface area (Å²) >= 11 is 0. The Morgan fingerprint density at radius 1 is 1.40 bits per heavy atom. The predicted molar refractivity (Wildman–Crippen MR) is 66.3 cm³/mol. The first kappa shape index (κ1) is 11.7. The molecule has 15 heavy (non-hydrogen) atoms. The second-order valence-electron chi connectivity index (χ2n) is 3.60. The van der Waals surface area contributed by atoms with Crippen molar-refractivity contribution in [2.24, 2.45) is 0 Å². The van der Waals surface area contributed by atoms with E-state index in [0.29, 0.717) is 0 Å². The number of hydrogen-bond acceptors (Lipinski definition) is 1. The number of allylic oxidation sites excluding steroid dienone is 6. The summed E-state index contributed by atoms with van der Waals surface area (Å²) in [5.74, 6) is 3.11. The Morgan fingerprint density at radius 3 is 3.00 bits per heavy atom. The van der Waals surface area contributed by atoms with Crippen LogP contribution in [0.25, 0.3) is 0 Å². The summed E-state index contributed by atoms with van der Waals surface area (Å²) in [5.41, 5.74) is 2.65. The van der Waals surface area contributed by atoms with Crippen LogP contribution >= 0.6 is 0 Å². The van der Waals surface area contributed by atoms with E-state index in [1.54, 1.807) is 0 Å². The molecule has 0 bridgehead atoms. The summed E-state index contributed by atoms with van der Waals surface area (Å²) in [4.78, 5) is 0. The summed E-state index contributed by atoms with van der Waals surface area (Å²) in [5, 5.41) is 2.84. The van der Waals surface area contributed by atoms with Crippen LogP contribution in [0.5, 0.6) is 0 Å². The zero-order valence-electron chi connectivity index (χ0n) is 9.64. The van der Waals surface area contributed by atoms with Crippen LogP contribution < -0.4 is 5.32 Å². The lowest BCUT2D eigenvalue weighted by Crippen LogP contribution is -1.93. The molecular weight excluding hydrogens is 182 g/mol. The van der Waals surface area contributed by atoms with E-state index in [4.69, 9.17) is 0 Å². The third-order valence-corrected chi connectivity index (χ3v) is 2.30. The van der Waals surface area contributed by atoms with E-state index < -0.39 is 0 Å². The van der Waals surface area contributed by atoms with Crippen molar-refractivity contribution in [1.82, 2.24) is 5.32 Å². The van der Waals surface area contributed by atoms with E-state index in [1.165, 1.54) is 24.0 Å². The van der Waals surface area contributed by atoms with Gasteiger partial charge in [0.1, 0.15) is 0 Å². The van der Waals surface area contributed by atoms with Gasteiger partial charge in [-0.25, -0.2) is 0 Å². The fourth-order valence-corrected chi connectivity index (χ4v) is 1.56. The van der Waals surface area contributed by atoms with E-state index in [2.05, 4.69) is 48.5 Å². The molecule has 1 nitrogen and oxygen atoms in total. The summed E-state index contributed by atoms with van der Waals surface area (Å²) in [7, 11) is 1.84. The van der Waals surface area contributed by atoms with Crippen LogP contribution in [-0.4, -0.2) is 7.05 Å². The largest absolute Gasteiger partial charge is 0.349 e. The van der Waals surface area contributed by atoms with Crippen LogP contribution in [0, 0.1) is 12.0 Å². The quantitative estimate of drug-likeness (QED) is 0.534. The third kappa shape index (κ3) is 4.56. The van der Waals surface area contributed by atoms with Crippen molar-refractivity contribution in [2.45, 2.75) is 32.6 Å². The maximum Gasteiger partial charge on any atom is 0.0116 e. The van der Waals surface area contributed by atoms with Gasteiger partial charge in [0.2, 0.25) is 0 Å². The predicted octanol–water partition coefficient (Wildman–Crippen LogP) is 3.17. The molecule has 0 aromatic rings. The maximum absolute atomic E-state index is 3.11. The van der Waals surface area contributed by atoms with Crippen LogP contribution in [0.4, 0.5) is 0 Å². The Hall–Kier alpha value is -1.42. The molecule has 0 heterocycles. The van der Waals surface area contributed by atoms with E-state index in [0.717, 1.165) is 12.8 Å². The molecule has 0 aromatic carbocycles. The molecule has 0 unspecified atom stereocenters. The second-order valence-corrected chi connectivity index (χ2v) is 3.60. The summed E-state index contributed by atoms with van der Waals surface area (Å²) < 4.78 is 0. The number of nitrogens with one attached hydrogen (secondary N) is 1. The number of hydrogen-bond donors (Lipinski definition) is 1. The molecule has 0 aromatic heterocycles. The molecule has 0 fully saturated rings. The van der Waals surface area contributed by atoms with Gasteiger partial charge in [-0.05, 0) is 25.2 Å². The SMILES string of the molecule is CCCC1=C/C/C=C(/C#CNC)C/C=C\1. The van der Waals surface area contributed by atoms with E-state index in [9.17, 15) is 0 Å². The van der Waals surface area contributed by atoms with Gasteiger partial charge in [-0.15, -0.1) is 0 Å². The minimum absolute atomic E-state index is 0.954. The molecule has 80 valence electrons. The fourth-order valence-electron chi connectivity index (χ4n) is 1.56. The molecule has 1 aliphatic rings. The van der Waals surface area contributed by atoms with Crippen LogP contribution in [0.15, 0.2) is 35.5 Å².